The molecule has 1 N–H and O–H groups in total. The molecule has 2 aromatic heterocycles. The van der Waals surface area contributed by atoms with Gasteiger partial charge < -0.3 is 9.63 Å². The smallest absolute Gasteiger partial charge is 0.124 e. The molecule has 0 bridgehead atoms. The van der Waals surface area contributed by atoms with Gasteiger partial charge in [0.2, 0.25) is 0 Å². The van der Waals surface area contributed by atoms with E-state index < -0.39 is 0 Å². The molecule has 0 unspecified atom stereocenters. The minimum Gasteiger partial charge on any atom is -0.392 e. The van der Waals surface area contributed by atoms with E-state index in [4.69, 9.17) is 4.52 Å². The van der Waals surface area contributed by atoms with Crippen LogP contribution in [0.2, 0.25) is 0 Å². The second kappa shape index (κ2) is 5.13. The van der Waals surface area contributed by atoms with Crippen LogP contribution in [0.3, 0.4) is 0 Å². The third-order valence-corrected chi connectivity index (χ3v) is 3.65. The van der Waals surface area contributed by atoms with Gasteiger partial charge in [-0.3, -0.25) is 4.57 Å². The number of aliphatic hydroxyl groups is 1. The van der Waals surface area contributed by atoms with Crippen molar-refractivity contribution in [3.63, 3.8) is 0 Å². The van der Waals surface area contributed by atoms with Crippen LogP contribution in [0.25, 0.3) is 28.0 Å². The molecule has 0 aliphatic heterocycles. The van der Waals surface area contributed by atoms with E-state index in [1.54, 1.807) is 12.6 Å². The minimum atomic E-state index is 0.0183. The standard InChI is InChI=1S/C17H13N3O2/c21-10-12-4-5-17-16(8-12)18-11-20(17)14-3-1-2-13(9-14)15-6-7-22-19-15/h1-9,11,21H,10H2. The van der Waals surface area contributed by atoms with E-state index in [-0.39, 0.29) is 6.61 Å². The average Bonchev–Trinajstić information content (AvgIpc) is 3.24. The van der Waals surface area contributed by atoms with Crippen molar-refractivity contribution in [3.05, 3.63) is 66.7 Å². The summed E-state index contributed by atoms with van der Waals surface area (Å²) in [5.41, 5.74) is 5.50. The fourth-order valence-corrected chi connectivity index (χ4v) is 2.54. The van der Waals surface area contributed by atoms with E-state index in [0.29, 0.717) is 0 Å². The van der Waals surface area contributed by atoms with Crippen molar-refractivity contribution in [1.82, 2.24) is 14.7 Å². The zero-order valence-corrected chi connectivity index (χ0v) is 11.7. The van der Waals surface area contributed by atoms with Crippen molar-refractivity contribution in [2.24, 2.45) is 0 Å². The first kappa shape index (κ1) is 12.8. The topological polar surface area (TPSA) is 64.1 Å². The zero-order chi connectivity index (χ0) is 14.9. The Balaban J connectivity index is 1.84. The minimum absolute atomic E-state index is 0.0183. The summed E-state index contributed by atoms with van der Waals surface area (Å²) in [5, 5.41) is 13.2. The highest BCUT2D eigenvalue weighted by molar-refractivity contribution is 5.78. The first-order chi connectivity index (χ1) is 10.8. The number of aromatic nitrogens is 3. The molecule has 0 fully saturated rings. The predicted octanol–water partition coefficient (Wildman–Crippen LogP) is 3.17. The van der Waals surface area contributed by atoms with Crippen LogP contribution in [0.15, 0.2) is 65.6 Å². The molecule has 0 saturated carbocycles. The lowest BCUT2D eigenvalue weighted by molar-refractivity contribution is 0.282. The second-order valence-electron chi connectivity index (χ2n) is 5.03. The maximum atomic E-state index is 9.21. The third kappa shape index (κ3) is 2.08. The fourth-order valence-electron chi connectivity index (χ4n) is 2.54. The summed E-state index contributed by atoms with van der Waals surface area (Å²) in [7, 11) is 0. The number of hydrogen-bond donors (Lipinski definition) is 1. The van der Waals surface area contributed by atoms with Gasteiger partial charge >= 0.3 is 0 Å². The van der Waals surface area contributed by atoms with Gasteiger partial charge in [0, 0.05) is 17.3 Å². The number of benzene rings is 2. The summed E-state index contributed by atoms with van der Waals surface area (Å²) >= 11 is 0. The summed E-state index contributed by atoms with van der Waals surface area (Å²) in [5.74, 6) is 0. The van der Waals surface area contributed by atoms with Crippen LogP contribution >= 0.6 is 0 Å². The Morgan fingerprint density at radius 2 is 2.05 bits per heavy atom. The van der Waals surface area contributed by atoms with Gasteiger partial charge in [-0.25, -0.2) is 4.98 Å². The summed E-state index contributed by atoms with van der Waals surface area (Å²) in [6.45, 7) is 0.0183. The summed E-state index contributed by atoms with van der Waals surface area (Å²) < 4.78 is 6.92. The number of aliphatic hydroxyl groups excluding tert-OH is 1. The van der Waals surface area contributed by atoms with Crippen LogP contribution < -0.4 is 0 Å². The van der Waals surface area contributed by atoms with Crippen molar-refractivity contribution in [2.75, 3.05) is 0 Å². The molecule has 0 aliphatic rings. The van der Waals surface area contributed by atoms with E-state index in [2.05, 4.69) is 10.1 Å². The van der Waals surface area contributed by atoms with E-state index in [9.17, 15) is 5.11 Å². The Hall–Kier alpha value is -2.92. The van der Waals surface area contributed by atoms with Gasteiger partial charge in [0.1, 0.15) is 18.3 Å². The lowest BCUT2D eigenvalue weighted by Crippen LogP contribution is -1.93. The van der Waals surface area contributed by atoms with Gasteiger partial charge in [-0.2, -0.15) is 0 Å². The molecular weight excluding hydrogens is 278 g/mol. The van der Waals surface area contributed by atoms with Gasteiger partial charge in [0.05, 0.1) is 17.6 Å². The number of fused-ring (bicyclic) bond motifs is 1. The Morgan fingerprint density at radius 1 is 1.09 bits per heavy atom. The van der Waals surface area contributed by atoms with Gasteiger partial charge in [-0.15, -0.1) is 0 Å². The molecule has 2 aromatic carbocycles. The molecule has 4 aromatic rings. The molecule has 0 saturated heterocycles. The Bertz CT molecular complexity index is 926. The van der Waals surface area contributed by atoms with Gasteiger partial charge in [-0.1, -0.05) is 23.4 Å². The Kier molecular flexibility index (Phi) is 2.98. The zero-order valence-electron chi connectivity index (χ0n) is 11.7. The molecule has 0 spiro atoms. The molecule has 0 amide bonds. The molecule has 0 aliphatic carbocycles. The number of rotatable bonds is 3. The van der Waals surface area contributed by atoms with Crippen molar-refractivity contribution < 1.29 is 9.63 Å². The number of nitrogens with zero attached hydrogens (tertiary/aromatic N) is 3. The summed E-state index contributed by atoms with van der Waals surface area (Å²) in [6, 6.07) is 15.6. The highest BCUT2D eigenvalue weighted by Crippen LogP contribution is 2.24. The van der Waals surface area contributed by atoms with Crippen LogP contribution in [-0.4, -0.2) is 19.8 Å². The SMILES string of the molecule is OCc1ccc2c(c1)ncn2-c1cccc(-c2ccon2)c1. The quantitative estimate of drug-likeness (QED) is 0.629. The van der Waals surface area contributed by atoms with Crippen molar-refractivity contribution in [1.29, 1.82) is 0 Å². The number of imidazole rings is 1. The van der Waals surface area contributed by atoms with E-state index in [1.807, 2.05) is 53.1 Å². The molecule has 108 valence electrons. The van der Waals surface area contributed by atoms with Crippen LogP contribution in [0.1, 0.15) is 5.56 Å². The van der Waals surface area contributed by atoms with E-state index in [0.717, 1.165) is 33.5 Å². The number of hydrogen-bond acceptors (Lipinski definition) is 4. The van der Waals surface area contributed by atoms with E-state index >= 15 is 0 Å². The Labute approximate surface area is 126 Å². The molecule has 5 heteroatoms. The van der Waals surface area contributed by atoms with Gasteiger partial charge in [-0.05, 0) is 29.8 Å². The van der Waals surface area contributed by atoms with Crippen LogP contribution in [0.5, 0.6) is 0 Å². The molecule has 5 nitrogen and oxygen atoms in total. The van der Waals surface area contributed by atoms with Crippen molar-refractivity contribution in [3.8, 4) is 16.9 Å². The molecular formula is C17H13N3O2. The van der Waals surface area contributed by atoms with Gasteiger partial charge in [0.25, 0.3) is 0 Å². The Morgan fingerprint density at radius 3 is 2.86 bits per heavy atom. The second-order valence-corrected chi connectivity index (χ2v) is 5.03. The molecule has 22 heavy (non-hydrogen) atoms. The lowest BCUT2D eigenvalue weighted by atomic mass is 10.1. The monoisotopic (exact) mass is 291 g/mol. The molecule has 4 rings (SSSR count). The fraction of sp³-hybridized carbons (Fsp3) is 0.0588. The van der Waals surface area contributed by atoms with Crippen molar-refractivity contribution >= 4 is 11.0 Å². The third-order valence-electron chi connectivity index (χ3n) is 3.65. The predicted molar refractivity (Wildman–Crippen MR) is 82.5 cm³/mol. The van der Waals surface area contributed by atoms with Crippen molar-refractivity contribution in [2.45, 2.75) is 6.61 Å². The highest BCUT2D eigenvalue weighted by atomic mass is 16.5. The first-order valence-electron chi connectivity index (χ1n) is 6.93. The largest absolute Gasteiger partial charge is 0.392 e. The van der Waals surface area contributed by atoms with Crippen LogP contribution in [0, 0.1) is 0 Å². The highest BCUT2D eigenvalue weighted by Gasteiger charge is 2.07. The van der Waals surface area contributed by atoms with E-state index in [1.165, 1.54) is 0 Å². The summed E-state index contributed by atoms with van der Waals surface area (Å²) in [6.07, 6.45) is 3.35. The molecule has 0 radical (unpaired) electrons. The maximum Gasteiger partial charge on any atom is 0.124 e. The van der Waals surface area contributed by atoms with Crippen LogP contribution in [0.4, 0.5) is 0 Å². The first-order valence-corrected chi connectivity index (χ1v) is 6.93. The average molecular weight is 291 g/mol. The normalized spacial score (nSPS) is 11.1. The van der Waals surface area contributed by atoms with Gasteiger partial charge in [0.15, 0.2) is 0 Å². The molecule has 2 heterocycles. The lowest BCUT2D eigenvalue weighted by Gasteiger charge is -2.06. The summed E-state index contributed by atoms with van der Waals surface area (Å²) in [4.78, 5) is 4.41. The maximum absolute atomic E-state index is 9.21. The van der Waals surface area contributed by atoms with Crippen LogP contribution in [-0.2, 0) is 6.61 Å². The molecule has 0 atom stereocenters.